The van der Waals surface area contributed by atoms with Gasteiger partial charge in [-0.3, -0.25) is 0 Å². The molecule has 2 nitrogen and oxygen atoms in total. The highest BCUT2D eigenvalue weighted by atomic mass is 16.5. The first-order valence-corrected chi connectivity index (χ1v) is 5.76. The Hall–Kier alpha value is -1.80. The lowest BCUT2D eigenvalue weighted by atomic mass is 10.1. The SMILES string of the molecule is CC(OCc1ccccc1)c1cccc(N)c1. The molecule has 0 radical (unpaired) electrons. The maximum Gasteiger partial charge on any atom is 0.0802 e. The highest BCUT2D eigenvalue weighted by molar-refractivity contribution is 5.41. The van der Waals surface area contributed by atoms with Crippen LogP contribution in [0.25, 0.3) is 0 Å². The van der Waals surface area contributed by atoms with Gasteiger partial charge in [-0.05, 0) is 30.2 Å². The second-order valence-electron chi connectivity index (χ2n) is 4.11. The van der Waals surface area contributed by atoms with Gasteiger partial charge < -0.3 is 10.5 Å². The number of hydrogen-bond donors (Lipinski definition) is 1. The molecule has 0 saturated carbocycles. The van der Waals surface area contributed by atoms with Crippen LogP contribution >= 0.6 is 0 Å². The van der Waals surface area contributed by atoms with Crippen LogP contribution in [0.5, 0.6) is 0 Å². The number of ether oxygens (including phenoxy) is 1. The third kappa shape index (κ3) is 3.33. The monoisotopic (exact) mass is 227 g/mol. The van der Waals surface area contributed by atoms with Gasteiger partial charge in [-0.15, -0.1) is 0 Å². The summed E-state index contributed by atoms with van der Waals surface area (Å²) in [6.07, 6.45) is 0.0544. The van der Waals surface area contributed by atoms with Gasteiger partial charge >= 0.3 is 0 Å². The Kier molecular flexibility index (Phi) is 3.78. The van der Waals surface area contributed by atoms with E-state index in [1.165, 1.54) is 5.56 Å². The minimum absolute atomic E-state index is 0.0544. The fourth-order valence-corrected chi connectivity index (χ4v) is 1.70. The summed E-state index contributed by atoms with van der Waals surface area (Å²) >= 11 is 0. The van der Waals surface area contributed by atoms with Crippen molar-refractivity contribution in [2.45, 2.75) is 19.6 Å². The van der Waals surface area contributed by atoms with Crippen LogP contribution in [0.1, 0.15) is 24.2 Å². The van der Waals surface area contributed by atoms with Crippen molar-refractivity contribution in [3.8, 4) is 0 Å². The molecule has 0 aromatic heterocycles. The summed E-state index contributed by atoms with van der Waals surface area (Å²) in [4.78, 5) is 0. The molecule has 0 aliphatic rings. The van der Waals surface area contributed by atoms with Crippen molar-refractivity contribution in [1.82, 2.24) is 0 Å². The predicted molar refractivity (Wildman–Crippen MR) is 70.5 cm³/mol. The van der Waals surface area contributed by atoms with Gasteiger partial charge in [-0.25, -0.2) is 0 Å². The molecule has 0 aliphatic heterocycles. The van der Waals surface area contributed by atoms with Crippen molar-refractivity contribution in [2.75, 3.05) is 5.73 Å². The van der Waals surface area contributed by atoms with E-state index in [-0.39, 0.29) is 6.10 Å². The van der Waals surface area contributed by atoms with E-state index in [0.29, 0.717) is 6.61 Å². The number of anilines is 1. The highest BCUT2D eigenvalue weighted by Gasteiger charge is 2.05. The smallest absolute Gasteiger partial charge is 0.0802 e. The van der Waals surface area contributed by atoms with Crippen LogP contribution in [0.4, 0.5) is 5.69 Å². The fraction of sp³-hybridized carbons (Fsp3) is 0.200. The molecule has 2 N–H and O–H groups in total. The normalized spacial score (nSPS) is 12.3. The molecule has 2 rings (SSSR count). The molecule has 0 aliphatic carbocycles. The number of nitrogens with two attached hydrogens (primary N) is 1. The van der Waals surface area contributed by atoms with Gasteiger partial charge in [0, 0.05) is 5.69 Å². The summed E-state index contributed by atoms with van der Waals surface area (Å²) in [5, 5.41) is 0. The zero-order valence-electron chi connectivity index (χ0n) is 9.97. The Bertz CT molecular complexity index is 467. The molecule has 17 heavy (non-hydrogen) atoms. The average molecular weight is 227 g/mol. The Morgan fingerprint density at radius 3 is 2.53 bits per heavy atom. The Balaban J connectivity index is 1.96. The second kappa shape index (κ2) is 5.51. The van der Waals surface area contributed by atoms with E-state index in [4.69, 9.17) is 10.5 Å². The molecule has 88 valence electrons. The van der Waals surface area contributed by atoms with E-state index in [1.54, 1.807) is 0 Å². The minimum atomic E-state index is 0.0544. The van der Waals surface area contributed by atoms with Crippen molar-refractivity contribution in [3.63, 3.8) is 0 Å². The van der Waals surface area contributed by atoms with Crippen molar-refractivity contribution in [2.24, 2.45) is 0 Å². The second-order valence-corrected chi connectivity index (χ2v) is 4.11. The van der Waals surface area contributed by atoms with Crippen LogP contribution < -0.4 is 5.73 Å². The molecule has 2 aromatic carbocycles. The summed E-state index contributed by atoms with van der Waals surface area (Å²) < 4.78 is 5.81. The number of nitrogen functional groups attached to an aromatic ring is 1. The van der Waals surface area contributed by atoms with Gasteiger partial charge in [0.15, 0.2) is 0 Å². The number of benzene rings is 2. The Morgan fingerprint density at radius 2 is 1.82 bits per heavy atom. The van der Waals surface area contributed by atoms with Gasteiger partial charge in [-0.1, -0.05) is 42.5 Å². The largest absolute Gasteiger partial charge is 0.399 e. The minimum Gasteiger partial charge on any atom is -0.399 e. The third-order valence-electron chi connectivity index (χ3n) is 2.72. The van der Waals surface area contributed by atoms with E-state index >= 15 is 0 Å². The van der Waals surface area contributed by atoms with Gasteiger partial charge in [0.2, 0.25) is 0 Å². The lowest BCUT2D eigenvalue weighted by Gasteiger charge is -2.14. The van der Waals surface area contributed by atoms with E-state index in [9.17, 15) is 0 Å². The van der Waals surface area contributed by atoms with Gasteiger partial charge in [0.1, 0.15) is 0 Å². The van der Waals surface area contributed by atoms with E-state index in [0.717, 1.165) is 11.3 Å². The Labute approximate surface area is 102 Å². The number of hydrogen-bond acceptors (Lipinski definition) is 2. The number of rotatable bonds is 4. The van der Waals surface area contributed by atoms with Crippen molar-refractivity contribution in [3.05, 3.63) is 65.7 Å². The van der Waals surface area contributed by atoms with Gasteiger partial charge in [-0.2, -0.15) is 0 Å². The van der Waals surface area contributed by atoms with Crippen LogP contribution in [0, 0.1) is 0 Å². The molecule has 0 saturated heterocycles. The van der Waals surface area contributed by atoms with Gasteiger partial charge in [0.05, 0.1) is 12.7 Å². The molecule has 0 heterocycles. The molecule has 2 heteroatoms. The molecule has 0 bridgehead atoms. The molecular weight excluding hydrogens is 210 g/mol. The van der Waals surface area contributed by atoms with E-state index < -0.39 is 0 Å². The first-order chi connectivity index (χ1) is 8.25. The van der Waals surface area contributed by atoms with Crippen molar-refractivity contribution < 1.29 is 4.74 Å². The third-order valence-corrected chi connectivity index (χ3v) is 2.72. The lowest BCUT2D eigenvalue weighted by Crippen LogP contribution is -2.01. The average Bonchev–Trinajstić information content (AvgIpc) is 2.37. The molecule has 2 aromatic rings. The van der Waals surface area contributed by atoms with E-state index in [2.05, 4.69) is 12.1 Å². The van der Waals surface area contributed by atoms with Gasteiger partial charge in [0.25, 0.3) is 0 Å². The lowest BCUT2D eigenvalue weighted by molar-refractivity contribution is 0.0526. The quantitative estimate of drug-likeness (QED) is 0.811. The van der Waals surface area contributed by atoms with Crippen molar-refractivity contribution in [1.29, 1.82) is 0 Å². The molecule has 0 spiro atoms. The first-order valence-electron chi connectivity index (χ1n) is 5.76. The maximum atomic E-state index is 5.81. The summed E-state index contributed by atoms with van der Waals surface area (Å²) in [6, 6.07) is 18.0. The Morgan fingerprint density at radius 1 is 1.06 bits per heavy atom. The summed E-state index contributed by atoms with van der Waals surface area (Å²) in [5.41, 5.74) is 8.82. The van der Waals surface area contributed by atoms with Crippen LogP contribution in [0.2, 0.25) is 0 Å². The van der Waals surface area contributed by atoms with Crippen LogP contribution in [-0.4, -0.2) is 0 Å². The maximum absolute atomic E-state index is 5.81. The van der Waals surface area contributed by atoms with Crippen LogP contribution in [0.3, 0.4) is 0 Å². The molecular formula is C15H17NO. The molecule has 1 atom stereocenters. The summed E-state index contributed by atoms with van der Waals surface area (Å²) in [5.74, 6) is 0. The zero-order valence-corrected chi connectivity index (χ0v) is 9.97. The predicted octanol–water partition coefficient (Wildman–Crippen LogP) is 3.55. The molecule has 1 unspecified atom stereocenters. The fourth-order valence-electron chi connectivity index (χ4n) is 1.70. The summed E-state index contributed by atoms with van der Waals surface area (Å²) in [6.45, 7) is 2.66. The first kappa shape index (κ1) is 11.7. The van der Waals surface area contributed by atoms with E-state index in [1.807, 2.05) is 49.4 Å². The topological polar surface area (TPSA) is 35.2 Å². The van der Waals surface area contributed by atoms with Crippen LogP contribution in [-0.2, 0) is 11.3 Å². The van der Waals surface area contributed by atoms with Crippen LogP contribution in [0.15, 0.2) is 54.6 Å². The standard InChI is InChI=1S/C15H17NO/c1-12(14-8-5-9-15(16)10-14)17-11-13-6-3-2-4-7-13/h2-10,12H,11,16H2,1H3. The highest BCUT2D eigenvalue weighted by Crippen LogP contribution is 2.20. The molecule has 0 amide bonds. The zero-order chi connectivity index (χ0) is 12.1. The molecule has 0 fully saturated rings. The van der Waals surface area contributed by atoms with Crippen molar-refractivity contribution >= 4 is 5.69 Å². The summed E-state index contributed by atoms with van der Waals surface area (Å²) in [7, 11) is 0.